The summed E-state index contributed by atoms with van der Waals surface area (Å²) in [6.45, 7) is 4.29. The van der Waals surface area contributed by atoms with Crippen LogP contribution >= 0.6 is 0 Å². The Bertz CT molecular complexity index is 449. The van der Waals surface area contributed by atoms with Crippen LogP contribution in [0, 0.1) is 5.92 Å². The van der Waals surface area contributed by atoms with E-state index >= 15 is 0 Å². The molecule has 1 amide bonds. The van der Waals surface area contributed by atoms with E-state index in [0.29, 0.717) is 30.6 Å². The van der Waals surface area contributed by atoms with Gasteiger partial charge in [0.05, 0.1) is 0 Å². The first-order chi connectivity index (χ1) is 8.93. The summed E-state index contributed by atoms with van der Waals surface area (Å²) in [7, 11) is 3.70. The van der Waals surface area contributed by atoms with Gasteiger partial charge in [0.15, 0.2) is 0 Å². The molecule has 0 unspecified atom stereocenters. The Hall–Kier alpha value is -1.59. The SMILES string of the molecule is CC(C)C1(NC(=O)CCc2nc(N(C)C)no2)CC1. The van der Waals surface area contributed by atoms with E-state index in [2.05, 4.69) is 29.3 Å². The molecular formula is C13H22N4O2. The first-order valence-corrected chi connectivity index (χ1v) is 6.74. The molecule has 19 heavy (non-hydrogen) atoms. The van der Waals surface area contributed by atoms with E-state index in [0.717, 1.165) is 12.8 Å². The van der Waals surface area contributed by atoms with Gasteiger partial charge in [-0.25, -0.2) is 0 Å². The number of carbonyl (C=O) groups excluding carboxylic acids is 1. The summed E-state index contributed by atoms with van der Waals surface area (Å²) in [5.74, 6) is 1.60. The minimum atomic E-state index is 0.0424. The first-order valence-electron chi connectivity index (χ1n) is 6.74. The number of hydrogen-bond donors (Lipinski definition) is 1. The number of aryl methyl sites for hydroxylation is 1. The molecule has 1 aromatic heterocycles. The number of rotatable bonds is 6. The monoisotopic (exact) mass is 266 g/mol. The van der Waals surface area contributed by atoms with Crippen molar-refractivity contribution in [3.8, 4) is 0 Å². The molecule has 0 aliphatic heterocycles. The predicted octanol–water partition coefficient (Wildman–Crippen LogP) is 1.37. The fourth-order valence-corrected chi connectivity index (χ4v) is 2.07. The van der Waals surface area contributed by atoms with E-state index in [4.69, 9.17) is 4.52 Å². The fraction of sp³-hybridized carbons (Fsp3) is 0.769. The summed E-state index contributed by atoms with van der Waals surface area (Å²) in [5, 5.41) is 6.94. The second-order valence-corrected chi connectivity index (χ2v) is 5.74. The molecule has 1 saturated carbocycles. The maximum Gasteiger partial charge on any atom is 0.265 e. The van der Waals surface area contributed by atoms with E-state index in [9.17, 15) is 4.79 Å². The molecule has 6 heteroatoms. The highest BCUT2D eigenvalue weighted by atomic mass is 16.5. The van der Waals surface area contributed by atoms with Crippen molar-refractivity contribution in [2.45, 2.75) is 45.1 Å². The van der Waals surface area contributed by atoms with E-state index in [1.165, 1.54) is 0 Å². The molecule has 0 bridgehead atoms. The number of hydrogen-bond acceptors (Lipinski definition) is 5. The highest BCUT2D eigenvalue weighted by Gasteiger charge is 2.46. The molecule has 0 atom stereocenters. The average molecular weight is 266 g/mol. The van der Waals surface area contributed by atoms with Crippen LogP contribution in [0.2, 0.25) is 0 Å². The number of aromatic nitrogens is 2. The quantitative estimate of drug-likeness (QED) is 0.842. The lowest BCUT2D eigenvalue weighted by Gasteiger charge is -2.21. The van der Waals surface area contributed by atoms with Crippen LogP contribution in [0.5, 0.6) is 0 Å². The van der Waals surface area contributed by atoms with Gasteiger partial charge < -0.3 is 14.7 Å². The number of anilines is 1. The Morgan fingerprint density at radius 1 is 1.47 bits per heavy atom. The minimum Gasteiger partial charge on any atom is -0.350 e. The molecule has 1 aliphatic rings. The van der Waals surface area contributed by atoms with Crippen LogP contribution in [0.3, 0.4) is 0 Å². The van der Waals surface area contributed by atoms with Crippen LogP contribution in [0.1, 0.15) is 39.0 Å². The zero-order valence-electron chi connectivity index (χ0n) is 12.1. The van der Waals surface area contributed by atoms with Crippen molar-refractivity contribution in [3.63, 3.8) is 0 Å². The van der Waals surface area contributed by atoms with Gasteiger partial charge in [-0.1, -0.05) is 13.8 Å². The molecule has 0 aromatic carbocycles. The topological polar surface area (TPSA) is 71.3 Å². The van der Waals surface area contributed by atoms with E-state index < -0.39 is 0 Å². The molecule has 0 radical (unpaired) electrons. The summed E-state index contributed by atoms with van der Waals surface area (Å²) >= 11 is 0. The van der Waals surface area contributed by atoms with Crippen molar-refractivity contribution in [1.29, 1.82) is 0 Å². The van der Waals surface area contributed by atoms with Crippen molar-refractivity contribution < 1.29 is 9.32 Å². The average Bonchev–Trinajstić information content (AvgIpc) is 2.96. The van der Waals surface area contributed by atoms with E-state index in [-0.39, 0.29) is 11.4 Å². The van der Waals surface area contributed by atoms with Gasteiger partial charge in [-0.2, -0.15) is 4.98 Å². The maximum absolute atomic E-state index is 11.9. The van der Waals surface area contributed by atoms with Gasteiger partial charge in [-0.3, -0.25) is 4.79 Å². The molecule has 1 aliphatic carbocycles. The highest BCUT2D eigenvalue weighted by Crippen LogP contribution is 2.42. The summed E-state index contributed by atoms with van der Waals surface area (Å²) in [6, 6.07) is 0. The third-order valence-corrected chi connectivity index (χ3v) is 3.71. The van der Waals surface area contributed by atoms with E-state index in [1.54, 1.807) is 4.90 Å². The summed E-state index contributed by atoms with van der Waals surface area (Å²) in [6.07, 6.45) is 3.05. The third-order valence-electron chi connectivity index (χ3n) is 3.71. The molecule has 0 saturated heterocycles. The highest BCUT2D eigenvalue weighted by molar-refractivity contribution is 5.77. The molecule has 6 nitrogen and oxygen atoms in total. The second-order valence-electron chi connectivity index (χ2n) is 5.74. The number of nitrogens with zero attached hydrogens (tertiary/aromatic N) is 3. The normalized spacial score (nSPS) is 16.5. The lowest BCUT2D eigenvalue weighted by atomic mass is 10.0. The van der Waals surface area contributed by atoms with Crippen LogP contribution in [0.4, 0.5) is 5.95 Å². The number of nitrogens with one attached hydrogen (secondary N) is 1. The van der Waals surface area contributed by atoms with Gasteiger partial charge in [0.25, 0.3) is 5.95 Å². The van der Waals surface area contributed by atoms with Gasteiger partial charge in [0, 0.05) is 32.5 Å². The second kappa shape index (κ2) is 5.19. The third kappa shape index (κ3) is 3.24. The smallest absolute Gasteiger partial charge is 0.265 e. The molecule has 106 valence electrons. The predicted molar refractivity (Wildman–Crippen MR) is 71.9 cm³/mol. The van der Waals surface area contributed by atoms with Crippen LogP contribution in [0.25, 0.3) is 0 Å². The molecule has 1 N–H and O–H groups in total. The lowest BCUT2D eigenvalue weighted by molar-refractivity contribution is -0.122. The van der Waals surface area contributed by atoms with Crippen molar-refractivity contribution in [2.75, 3.05) is 19.0 Å². The summed E-state index contributed by atoms with van der Waals surface area (Å²) in [5.41, 5.74) is 0.0424. The van der Waals surface area contributed by atoms with Crippen molar-refractivity contribution in [3.05, 3.63) is 5.89 Å². The van der Waals surface area contributed by atoms with Crippen LogP contribution in [0.15, 0.2) is 4.52 Å². The Kier molecular flexibility index (Phi) is 3.78. The maximum atomic E-state index is 11.9. The van der Waals surface area contributed by atoms with Crippen LogP contribution in [-0.2, 0) is 11.2 Å². The van der Waals surface area contributed by atoms with Crippen molar-refractivity contribution in [2.24, 2.45) is 5.92 Å². The summed E-state index contributed by atoms with van der Waals surface area (Å²) in [4.78, 5) is 17.9. The molecule has 2 rings (SSSR count). The Balaban J connectivity index is 1.80. The van der Waals surface area contributed by atoms with Crippen molar-refractivity contribution in [1.82, 2.24) is 15.5 Å². The molecule has 0 spiro atoms. The fourth-order valence-electron chi connectivity index (χ4n) is 2.07. The van der Waals surface area contributed by atoms with Gasteiger partial charge >= 0.3 is 0 Å². The number of carbonyl (C=O) groups is 1. The van der Waals surface area contributed by atoms with Gasteiger partial charge in [0.2, 0.25) is 11.8 Å². The zero-order valence-corrected chi connectivity index (χ0v) is 12.1. The Morgan fingerprint density at radius 3 is 2.63 bits per heavy atom. The first kappa shape index (κ1) is 13.8. The molecule has 1 heterocycles. The molecule has 1 aromatic rings. The van der Waals surface area contributed by atoms with E-state index in [1.807, 2.05) is 14.1 Å². The van der Waals surface area contributed by atoms with Gasteiger partial charge in [-0.05, 0) is 23.9 Å². The van der Waals surface area contributed by atoms with Crippen LogP contribution in [-0.4, -0.2) is 35.7 Å². The van der Waals surface area contributed by atoms with Crippen LogP contribution < -0.4 is 10.2 Å². The Morgan fingerprint density at radius 2 is 2.16 bits per heavy atom. The zero-order chi connectivity index (χ0) is 14.0. The molecular weight excluding hydrogens is 244 g/mol. The lowest BCUT2D eigenvalue weighted by Crippen LogP contribution is -2.40. The molecule has 1 fully saturated rings. The van der Waals surface area contributed by atoms with Gasteiger partial charge in [0.1, 0.15) is 0 Å². The largest absolute Gasteiger partial charge is 0.350 e. The standard InChI is InChI=1S/C13H22N4O2/c1-9(2)13(7-8-13)15-10(18)5-6-11-14-12(16-19-11)17(3)4/h9H,5-8H2,1-4H3,(H,15,18). The van der Waals surface area contributed by atoms with Gasteiger partial charge in [-0.15, -0.1) is 0 Å². The number of amides is 1. The Labute approximate surface area is 113 Å². The minimum absolute atomic E-state index is 0.0424. The van der Waals surface area contributed by atoms with Crippen molar-refractivity contribution >= 4 is 11.9 Å². The summed E-state index contributed by atoms with van der Waals surface area (Å²) < 4.78 is 5.09.